The van der Waals surface area contributed by atoms with E-state index in [2.05, 4.69) is 35.7 Å². The molecule has 2 rings (SSSR count). The van der Waals surface area contributed by atoms with Crippen molar-refractivity contribution in [3.05, 3.63) is 44.7 Å². The molecule has 22 heavy (non-hydrogen) atoms. The molecule has 0 aliphatic heterocycles. The summed E-state index contributed by atoms with van der Waals surface area (Å²) < 4.78 is 0. The first kappa shape index (κ1) is 17.6. The second-order valence-electron chi connectivity index (χ2n) is 5.65. The highest BCUT2D eigenvalue weighted by Crippen LogP contribution is 2.29. The summed E-state index contributed by atoms with van der Waals surface area (Å²) in [6.45, 7) is 6.36. The first-order chi connectivity index (χ1) is 10.4. The fraction of sp³-hybridized carbons (Fsp3) is 0.500. The number of H-pyrrole nitrogens is 1. The van der Waals surface area contributed by atoms with Crippen molar-refractivity contribution in [1.82, 2.24) is 15.0 Å². The van der Waals surface area contributed by atoms with Crippen LogP contribution in [0.15, 0.2) is 12.3 Å². The van der Waals surface area contributed by atoms with Crippen LogP contribution in [0, 0.1) is 0 Å². The SMILES string of the molecule is CCc1[nH]c(C(C)CCC(C)c2cc(Cl)c(Cl)cn2)nc1Cl. The summed E-state index contributed by atoms with van der Waals surface area (Å²) in [4.78, 5) is 12.1. The number of hydrogen-bond acceptors (Lipinski definition) is 2. The van der Waals surface area contributed by atoms with E-state index in [0.717, 1.165) is 36.5 Å². The van der Waals surface area contributed by atoms with Crippen molar-refractivity contribution >= 4 is 34.8 Å². The maximum atomic E-state index is 6.10. The molecule has 0 fully saturated rings. The van der Waals surface area contributed by atoms with E-state index >= 15 is 0 Å². The zero-order chi connectivity index (χ0) is 16.3. The molecule has 3 nitrogen and oxygen atoms in total. The van der Waals surface area contributed by atoms with Gasteiger partial charge in [0.1, 0.15) is 11.0 Å². The van der Waals surface area contributed by atoms with Gasteiger partial charge in [-0.3, -0.25) is 4.98 Å². The summed E-state index contributed by atoms with van der Waals surface area (Å²) in [6.07, 6.45) is 4.46. The standard InChI is InChI=1S/C16H20Cl3N3/c1-4-13-15(19)22-16(21-13)10(3)6-5-9(2)14-7-11(17)12(18)8-20-14/h7-10H,4-6H2,1-3H3,(H,21,22). The van der Waals surface area contributed by atoms with Gasteiger partial charge >= 0.3 is 0 Å². The molecule has 0 aromatic carbocycles. The van der Waals surface area contributed by atoms with Crippen molar-refractivity contribution in [2.45, 2.75) is 51.9 Å². The Kier molecular flexibility index (Phi) is 6.13. The first-order valence-corrected chi connectivity index (χ1v) is 8.61. The summed E-state index contributed by atoms with van der Waals surface area (Å²) in [5.41, 5.74) is 1.97. The number of nitrogens with one attached hydrogen (secondary N) is 1. The van der Waals surface area contributed by atoms with E-state index in [1.807, 2.05) is 6.07 Å². The van der Waals surface area contributed by atoms with Crippen molar-refractivity contribution in [1.29, 1.82) is 0 Å². The average Bonchev–Trinajstić information content (AvgIpc) is 2.88. The van der Waals surface area contributed by atoms with Crippen molar-refractivity contribution in [3.8, 4) is 0 Å². The van der Waals surface area contributed by atoms with E-state index in [1.54, 1.807) is 6.20 Å². The minimum Gasteiger partial charge on any atom is -0.344 e. The van der Waals surface area contributed by atoms with Crippen molar-refractivity contribution in [3.63, 3.8) is 0 Å². The first-order valence-electron chi connectivity index (χ1n) is 7.47. The van der Waals surface area contributed by atoms with Gasteiger partial charge in [0.05, 0.1) is 15.7 Å². The van der Waals surface area contributed by atoms with E-state index < -0.39 is 0 Å². The minimum atomic E-state index is 0.313. The molecule has 120 valence electrons. The largest absolute Gasteiger partial charge is 0.344 e. The molecule has 0 radical (unpaired) electrons. The van der Waals surface area contributed by atoms with Crippen LogP contribution in [0.1, 0.15) is 62.7 Å². The van der Waals surface area contributed by atoms with Gasteiger partial charge in [-0.25, -0.2) is 4.98 Å². The van der Waals surface area contributed by atoms with Crippen LogP contribution >= 0.6 is 34.8 Å². The Morgan fingerprint density at radius 2 is 1.77 bits per heavy atom. The molecule has 0 saturated heterocycles. The third-order valence-corrected chi connectivity index (χ3v) is 4.96. The number of aryl methyl sites for hydroxylation is 1. The van der Waals surface area contributed by atoms with Gasteiger partial charge in [0.2, 0.25) is 0 Å². The maximum absolute atomic E-state index is 6.10. The Labute approximate surface area is 146 Å². The molecule has 2 heterocycles. The van der Waals surface area contributed by atoms with Gasteiger partial charge in [-0.05, 0) is 31.2 Å². The highest BCUT2D eigenvalue weighted by Gasteiger charge is 2.16. The Morgan fingerprint density at radius 3 is 2.36 bits per heavy atom. The Balaban J connectivity index is 1.97. The molecule has 0 aliphatic carbocycles. The summed E-state index contributed by atoms with van der Waals surface area (Å²) in [5.74, 6) is 1.59. The van der Waals surface area contributed by atoms with E-state index in [9.17, 15) is 0 Å². The molecule has 1 N–H and O–H groups in total. The number of imidazole rings is 1. The Morgan fingerprint density at radius 1 is 1.09 bits per heavy atom. The quantitative estimate of drug-likeness (QED) is 0.685. The fourth-order valence-corrected chi connectivity index (χ4v) is 2.89. The van der Waals surface area contributed by atoms with Crippen LogP contribution in [0.5, 0.6) is 0 Å². The number of hydrogen-bond donors (Lipinski definition) is 1. The van der Waals surface area contributed by atoms with Crippen LogP contribution in [-0.4, -0.2) is 15.0 Å². The molecule has 0 spiro atoms. The third-order valence-electron chi connectivity index (χ3n) is 3.93. The molecule has 2 unspecified atom stereocenters. The van der Waals surface area contributed by atoms with Crippen LogP contribution < -0.4 is 0 Å². The lowest BCUT2D eigenvalue weighted by Gasteiger charge is -2.14. The summed E-state index contributed by atoms with van der Waals surface area (Å²) in [5, 5.41) is 1.63. The fourth-order valence-electron chi connectivity index (χ4n) is 2.36. The van der Waals surface area contributed by atoms with Gasteiger partial charge < -0.3 is 4.98 Å². The van der Waals surface area contributed by atoms with Gasteiger partial charge in [-0.1, -0.05) is 55.6 Å². The predicted molar refractivity (Wildman–Crippen MR) is 93.3 cm³/mol. The lowest BCUT2D eigenvalue weighted by Crippen LogP contribution is -2.02. The zero-order valence-electron chi connectivity index (χ0n) is 13.0. The van der Waals surface area contributed by atoms with Crippen LogP contribution in [0.2, 0.25) is 15.2 Å². The number of rotatable bonds is 6. The summed E-state index contributed by atoms with van der Waals surface area (Å²) in [6, 6.07) is 1.85. The highest BCUT2D eigenvalue weighted by atomic mass is 35.5. The molecule has 6 heteroatoms. The normalized spacial score (nSPS) is 14.1. The lowest BCUT2D eigenvalue weighted by molar-refractivity contribution is 0.551. The van der Waals surface area contributed by atoms with Gasteiger partial charge in [0.25, 0.3) is 0 Å². The Hall–Kier alpha value is -0.770. The van der Waals surface area contributed by atoms with E-state index in [4.69, 9.17) is 34.8 Å². The van der Waals surface area contributed by atoms with Gasteiger partial charge in [-0.2, -0.15) is 0 Å². The average molecular weight is 361 g/mol. The molecular weight excluding hydrogens is 341 g/mol. The maximum Gasteiger partial charge on any atom is 0.150 e. The monoisotopic (exact) mass is 359 g/mol. The topological polar surface area (TPSA) is 41.6 Å². The van der Waals surface area contributed by atoms with E-state index in [-0.39, 0.29) is 0 Å². The Bertz CT molecular complexity index is 640. The van der Waals surface area contributed by atoms with Crippen LogP contribution in [0.25, 0.3) is 0 Å². The number of pyridine rings is 1. The minimum absolute atomic E-state index is 0.313. The molecule has 0 bridgehead atoms. The predicted octanol–water partition coefficient (Wildman–Crippen LogP) is 6.01. The highest BCUT2D eigenvalue weighted by molar-refractivity contribution is 6.41. The number of halogens is 3. The molecule has 2 atom stereocenters. The van der Waals surface area contributed by atoms with Crippen LogP contribution in [0.4, 0.5) is 0 Å². The number of nitrogens with zero attached hydrogens (tertiary/aromatic N) is 2. The number of aromatic nitrogens is 3. The molecule has 0 amide bonds. The summed E-state index contributed by atoms with van der Waals surface area (Å²) in [7, 11) is 0. The smallest absolute Gasteiger partial charge is 0.150 e. The second kappa shape index (κ2) is 7.67. The molecule has 0 aliphatic rings. The van der Waals surface area contributed by atoms with Crippen molar-refractivity contribution in [2.75, 3.05) is 0 Å². The molecule has 0 saturated carbocycles. The summed E-state index contributed by atoms with van der Waals surface area (Å²) >= 11 is 18.1. The van der Waals surface area contributed by atoms with Crippen LogP contribution in [0.3, 0.4) is 0 Å². The van der Waals surface area contributed by atoms with Crippen molar-refractivity contribution in [2.24, 2.45) is 0 Å². The van der Waals surface area contributed by atoms with Gasteiger partial charge in [0, 0.05) is 17.8 Å². The second-order valence-corrected chi connectivity index (χ2v) is 6.82. The van der Waals surface area contributed by atoms with Gasteiger partial charge in [0.15, 0.2) is 0 Å². The molecule has 2 aromatic rings. The zero-order valence-corrected chi connectivity index (χ0v) is 15.2. The van der Waals surface area contributed by atoms with E-state index in [1.165, 1.54) is 0 Å². The third kappa shape index (κ3) is 4.15. The molecule has 2 aromatic heterocycles. The number of aromatic amines is 1. The molecular formula is C16H20Cl3N3. The van der Waals surface area contributed by atoms with Gasteiger partial charge in [-0.15, -0.1) is 0 Å². The van der Waals surface area contributed by atoms with Crippen LogP contribution in [-0.2, 0) is 6.42 Å². The lowest BCUT2D eigenvalue weighted by atomic mass is 9.95. The van der Waals surface area contributed by atoms with Crippen molar-refractivity contribution < 1.29 is 0 Å². The van der Waals surface area contributed by atoms with E-state index in [0.29, 0.717) is 27.0 Å².